The number of anilines is 2. The molecule has 4 aromatic rings. The van der Waals surface area contributed by atoms with Crippen molar-refractivity contribution >= 4 is 34.2 Å². The molecular formula is C25H27FN8O3. The molecule has 5 rings (SSSR count). The second-order valence-electron chi connectivity index (χ2n) is 9.26. The molecule has 0 unspecified atom stereocenters. The van der Waals surface area contributed by atoms with Crippen LogP contribution in [0.25, 0.3) is 22.3 Å². The molecule has 1 saturated heterocycles. The van der Waals surface area contributed by atoms with Crippen LogP contribution in [0.15, 0.2) is 43.0 Å². The van der Waals surface area contributed by atoms with Crippen LogP contribution >= 0.6 is 0 Å². The highest BCUT2D eigenvalue weighted by Crippen LogP contribution is 2.24. The topological polar surface area (TPSA) is 130 Å². The quantitative estimate of drug-likeness (QED) is 0.343. The summed E-state index contributed by atoms with van der Waals surface area (Å²) in [6.45, 7) is 5.37. The third-order valence-corrected chi connectivity index (χ3v) is 5.98. The van der Waals surface area contributed by atoms with Gasteiger partial charge in [-0.25, -0.2) is 9.97 Å². The highest BCUT2D eigenvalue weighted by molar-refractivity contribution is 6.06. The van der Waals surface area contributed by atoms with Gasteiger partial charge in [-0.05, 0) is 32.0 Å². The zero-order valence-corrected chi connectivity index (χ0v) is 20.7. The summed E-state index contributed by atoms with van der Waals surface area (Å²) in [4.78, 5) is 38.6. The Hall–Kier alpha value is -4.16. The smallest absolute Gasteiger partial charge is 0.257 e. The van der Waals surface area contributed by atoms with Crippen molar-refractivity contribution in [3.63, 3.8) is 0 Å². The van der Waals surface area contributed by atoms with Crippen molar-refractivity contribution in [1.82, 2.24) is 29.6 Å². The average molecular weight is 507 g/mol. The first-order valence-electron chi connectivity index (χ1n) is 11.9. The van der Waals surface area contributed by atoms with Crippen molar-refractivity contribution in [2.24, 2.45) is 7.05 Å². The maximum atomic E-state index is 14.4. The maximum Gasteiger partial charge on any atom is 0.257 e. The summed E-state index contributed by atoms with van der Waals surface area (Å²) >= 11 is 0. The van der Waals surface area contributed by atoms with Gasteiger partial charge < -0.3 is 20.4 Å². The number of fused-ring (bicyclic) bond motifs is 1. The minimum absolute atomic E-state index is 0.0350. The molecule has 0 saturated carbocycles. The molecule has 37 heavy (non-hydrogen) atoms. The van der Waals surface area contributed by atoms with E-state index in [9.17, 15) is 14.0 Å². The second kappa shape index (κ2) is 10.1. The largest absolute Gasteiger partial charge is 0.373 e. The third kappa shape index (κ3) is 5.65. The van der Waals surface area contributed by atoms with Gasteiger partial charge in [-0.3, -0.25) is 19.2 Å². The van der Waals surface area contributed by atoms with Crippen LogP contribution in [0.3, 0.4) is 0 Å². The predicted octanol–water partition coefficient (Wildman–Crippen LogP) is 2.80. The van der Waals surface area contributed by atoms with E-state index in [-0.39, 0.29) is 41.6 Å². The lowest BCUT2D eigenvalue weighted by molar-refractivity contribution is -0.121. The second-order valence-corrected chi connectivity index (χ2v) is 9.26. The molecule has 4 aromatic heterocycles. The van der Waals surface area contributed by atoms with Gasteiger partial charge in [0, 0.05) is 43.5 Å². The fourth-order valence-electron chi connectivity index (χ4n) is 4.47. The number of aromatic nitrogens is 5. The molecule has 2 atom stereocenters. The fraction of sp³-hybridized carbons (Fsp3) is 0.320. The van der Waals surface area contributed by atoms with Gasteiger partial charge in [0.25, 0.3) is 5.91 Å². The number of aromatic amines is 1. The van der Waals surface area contributed by atoms with E-state index >= 15 is 0 Å². The van der Waals surface area contributed by atoms with Crippen LogP contribution in [-0.4, -0.2) is 73.3 Å². The van der Waals surface area contributed by atoms with Crippen molar-refractivity contribution in [1.29, 1.82) is 0 Å². The molecule has 192 valence electrons. The molecule has 1 aliphatic rings. The molecule has 0 aromatic carbocycles. The minimum Gasteiger partial charge on any atom is -0.373 e. The molecule has 5 heterocycles. The number of pyridine rings is 2. The predicted molar refractivity (Wildman–Crippen MR) is 136 cm³/mol. The lowest BCUT2D eigenvalue weighted by Crippen LogP contribution is -2.48. The van der Waals surface area contributed by atoms with Crippen molar-refractivity contribution in [3.8, 4) is 11.3 Å². The van der Waals surface area contributed by atoms with Crippen LogP contribution in [0, 0.1) is 5.95 Å². The van der Waals surface area contributed by atoms with Crippen LogP contribution in [0.4, 0.5) is 15.8 Å². The van der Waals surface area contributed by atoms with E-state index in [1.807, 2.05) is 38.1 Å². The normalized spacial score (nSPS) is 18.2. The summed E-state index contributed by atoms with van der Waals surface area (Å²) in [6, 6.07) is 4.87. The van der Waals surface area contributed by atoms with E-state index in [0.717, 1.165) is 16.6 Å². The first kappa shape index (κ1) is 24.5. The lowest BCUT2D eigenvalue weighted by atomic mass is 10.2. The Morgan fingerprint density at radius 3 is 2.62 bits per heavy atom. The Bertz CT molecular complexity index is 1460. The van der Waals surface area contributed by atoms with Gasteiger partial charge in [-0.1, -0.05) is 0 Å². The fourth-order valence-corrected chi connectivity index (χ4v) is 4.47. The molecular weight excluding hydrogens is 479 g/mol. The standard InChI is InChI=1S/C25H27FN8O3/c1-14-10-34(11-15(2)37-14)13-22(35)30-19-6-21(23(26)27-9-19)32-25(36)17-4-16-5-20(31-24(16)28-7-17)18-8-29-33(3)12-18/h4-9,12,14-15H,10-11,13H2,1-3H3,(H,28,31)(H,30,35)(H,32,36)/t14-,15-/m0/s1. The van der Waals surface area contributed by atoms with Gasteiger partial charge in [0.05, 0.1) is 53.8 Å². The number of carbonyl (C=O) groups is 2. The number of hydrogen-bond acceptors (Lipinski definition) is 7. The Balaban J connectivity index is 1.26. The summed E-state index contributed by atoms with van der Waals surface area (Å²) in [6.07, 6.45) is 6.27. The number of nitrogens with zero attached hydrogens (tertiary/aromatic N) is 5. The van der Waals surface area contributed by atoms with Crippen LogP contribution < -0.4 is 10.6 Å². The van der Waals surface area contributed by atoms with Gasteiger partial charge in [-0.15, -0.1) is 0 Å². The van der Waals surface area contributed by atoms with Gasteiger partial charge >= 0.3 is 0 Å². The SMILES string of the molecule is C[C@H]1CN(CC(=O)Nc2cnc(F)c(NC(=O)c3cnc4[nH]c(-c5cnn(C)c5)cc4c3)c2)C[C@H](C)O1. The van der Waals surface area contributed by atoms with Gasteiger partial charge in [0.15, 0.2) is 0 Å². The van der Waals surface area contributed by atoms with E-state index in [1.165, 1.54) is 18.5 Å². The van der Waals surface area contributed by atoms with Crippen molar-refractivity contribution in [3.05, 3.63) is 54.5 Å². The molecule has 0 bridgehead atoms. The van der Waals surface area contributed by atoms with Crippen LogP contribution in [-0.2, 0) is 16.6 Å². The highest BCUT2D eigenvalue weighted by Gasteiger charge is 2.24. The molecule has 0 spiro atoms. The zero-order valence-electron chi connectivity index (χ0n) is 20.7. The Morgan fingerprint density at radius 1 is 1.11 bits per heavy atom. The van der Waals surface area contributed by atoms with Crippen LogP contribution in [0.2, 0.25) is 0 Å². The average Bonchev–Trinajstić information content (AvgIpc) is 3.46. The van der Waals surface area contributed by atoms with Crippen LogP contribution in [0.5, 0.6) is 0 Å². The number of halogens is 1. The van der Waals surface area contributed by atoms with Crippen molar-refractivity contribution in [2.45, 2.75) is 26.1 Å². The summed E-state index contributed by atoms with van der Waals surface area (Å²) < 4.78 is 21.8. The molecule has 12 heteroatoms. The maximum absolute atomic E-state index is 14.4. The molecule has 3 N–H and O–H groups in total. The van der Waals surface area contributed by atoms with Crippen LogP contribution in [0.1, 0.15) is 24.2 Å². The van der Waals surface area contributed by atoms with E-state index in [1.54, 1.807) is 16.9 Å². The number of H-pyrrole nitrogens is 1. The van der Waals surface area contributed by atoms with Crippen molar-refractivity contribution in [2.75, 3.05) is 30.3 Å². The van der Waals surface area contributed by atoms with Gasteiger partial charge in [0.2, 0.25) is 11.9 Å². The number of hydrogen-bond donors (Lipinski definition) is 3. The van der Waals surface area contributed by atoms with E-state index in [2.05, 4.69) is 30.7 Å². The van der Waals surface area contributed by atoms with Crippen molar-refractivity contribution < 1.29 is 18.7 Å². The number of amides is 2. The Labute approximate surface area is 212 Å². The molecule has 1 aliphatic heterocycles. The summed E-state index contributed by atoms with van der Waals surface area (Å²) in [5.41, 5.74) is 2.67. The molecule has 11 nitrogen and oxygen atoms in total. The molecule has 0 radical (unpaired) electrons. The minimum atomic E-state index is -0.864. The number of carbonyl (C=O) groups excluding carboxylic acids is 2. The lowest BCUT2D eigenvalue weighted by Gasteiger charge is -2.34. The summed E-state index contributed by atoms with van der Waals surface area (Å²) in [5.74, 6) is -1.69. The number of morpholine rings is 1. The summed E-state index contributed by atoms with van der Waals surface area (Å²) in [7, 11) is 1.83. The summed E-state index contributed by atoms with van der Waals surface area (Å²) in [5, 5.41) is 10.1. The number of aryl methyl sites for hydroxylation is 1. The monoisotopic (exact) mass is 506 g/mol. The van der Waals surface area contributed by atoms with Gasteiger partial charge in [-0.2, -0.15) is 9.49 Å². The number of nitrogens with one attached hydrogen (secondary N) is 3. The molecule has 0 aliphatic carbocycles. The van der Waals surface area contributed by atoms with E-state index in [0.29, 0.717) is 18.7 Å². The highest BCUT2D eigenvalue weighted by atomic mass is 19.1. The number of ether oxygens (including phenoxy) is 1. The Kier molecular flexibility index (Phi) is 6.68. The Morgan fingerprint density at radius 2 is 1.89 bits per heavy atom. The first-order chi connectivity index (χ1) is 17.7. The number of rotatable bonds is 6. The zero-order chi connectivity index (χ0) is 26.1. The first-order valence-corrected chi connectivity index (χ1v) is 11.9. The van der Waals surface area contributed by atoms with Gasteiger partial charge in [0.1, 0.15) is 5.65 Å². The van der Waals surface area contributed by atoms with E-state index < -0.39 is 11.9 Å². The molecule has 2 amide bonds. The third-order valence-electron chi connectivity index (χ3n) is 5.98. The van der Waals surface area contributed by atoms with E-state index in [4.69, 9.17) is 4.74 Å². The molecule has 1 fully saturated rings.